The summed E-state index contributed by atoms with van der Waals surface area (Å²) < 4.78 is 0. The fourth-order valence-electron chi connectivity index (χ4n) is 4.73. The van der Waals surface area contributed by atoms with E-state index < -0.39 is 0 Å². The summed E-state index contributed by atoms with van der Waals surface area (Å²) in [6.07, 6.45) is 4.43. The van der Waals surface area contributed by atoms with Gasteiger partial charge in [0.1, 0.15) is 0 Å². The molecular weight excluding hydrogens is 228 g/mol. The zero-order chi connectivity index (χ0) is 14.3. The van der Waals surface area contributed by atoms with Gasteiger partial charge in [0.15, 0.2) is 0 Å². The highest BCUT2D eigenvalue weighted by molar-refractivity contribution is 4.96. The topological polar surface area (TPSA) is 0 Å². The normalized spacial score (nSPS) is 39.8. The largest absolute Gasteiger partial charge is 0.0651 e. The van der Waals surface area contributed by atoms with Crippen LogP contribution in [-0.4, -0.2) is 0 Å². The molecule has 0 heteroatoms. The summed E-state index contributed by atoms with van der Waals surface area (Å²) in [6.45, 7) is 17.3. The Morgan fingerprint density at radius 2 is 1.26 bits per heavy atom. The second-order valence-corrected chi connectivity index (χ2v) is 8.31. The lowest BCUT2D eigenvalue weighted by Gasteiger charge is -2.31. The summed E-state index contributed by atoms with van der Waals surface area (Å²) in [7, 11) is 0. The van der Waals surface area contributed by atoms with Crippen LogP contribution in [0.1, 0.15) is 67.7 Å². The molecule has 0 radical (unpaired) electrons. The molecule has 0 aromatic carbocycles. The van der Waals surface area contributed by atoms with Crippen LogP contribution in [0, 0.1) is 53.3 Å². The van der Waals surface area contributed by atoms with Crippen LogP contribution in [0.25, 0.3) is 0 Å². The van der Waals surface area contributed by atoms with Crippen molar-refractivity contribution in [1.29, 1.82) is 0 Å². The van der Waals surface area contributed by atoms with Gasteiger partial charge in [0.25, 0.3) is 0 Å². The molecule has 0 saturated heterocycles. The Balaban J connectivity index is 1.83. The lowest BCUT2D eigenvalue weighted by molar-refractivity contribution is 0.170. The fraction of sp³-hybridized carbons (Fsp3) is 1.00. The maximum absolute atomic E-state index is 2.53. The zero-order valence-electron chi connectivity index (χ0n) is 14.3. The van der Waals surface area contributed by atoms with Crippen molar-refractivity contribution in [3.05, 3.63) is 0 Å². The molecule has 2 aliphatic rings. The Morgan fingerprint density at radius 1 is 0.737 bits per heavy atom. The molecule has 112 valence electrons. The molecule has 2 fully saturated rings. The smallest absolute Gasteiger partial charge is 0.0352 e. The molecule has 0 aromatic rings. The first kappa shape index (κ1) is 15.4. The average Bonchev–Trinajstić information content (AvgIpc) is 3.27. The molecule has 0 spiro atoms. The van der Waals surface area contributed by atoms with Crippen LogP contribution < -0.4 is 0 Å². The minimum Gasteiger partial charge on any atom is -0.0651 e. The van der Waals surface area contributed by atoms with E-state index in [4.69, 9.17) is 0 Å². The zero-order valence-corrected chi connectivity index (χ0v) is 14.3. The van der Waals surface area contributed by atoms with Gasteiger partial charge in [-0.15, -0.1) is 0 Å². The first-order chi connectivity index (χ1) is 8.88. The van der Waals surface area contributed by atoms with Crippen molar-refractivity contribution in [1.82, 2.24) is 0 Å². The Labute approximate surface area is 121 Å². The minimum absolute atomic E-state index is 0.903. The summed E-state index contributed by atoms with van der Waals surface area (Å²) >= 11 is 0. The highest BCUT2D eigenvalue weighted by atomic mass is 14.5. The first-order valence-corrected chi connectivity index (χ1v) is 8.88. The van der Waals surface area contributed by atoms with E-state index in [9.17, 15) is 0 Å². The molecule has 0 nitrogen and oxygen atoms in total. The molecule has 0 amide bonds. The van der Waals surface area contributed by atoms with Gasteiger partial charge < -0.3 is 0 Å². The van der Waals surface area contributed by atoms with Crippen LogP contribution in [0.5, 0.6) is 0 Å². The predicted molar refractivity (Wildman–Crippen MR) is 85.0 cm³/mol. The van der Waals surface area contributed by atoms with E-state index in [1.165, 1.54) is 19.3 Å². The molecular formula is C19H36. The van der Waals surface area contributed by atoms with Crippen molar-refractivity contribution in [2.24, 2.45) is 53.3 Å². The standard InChI is InChI=1S/C19H36/c1-8-16-9-18(16)14(6)12(4)13(5)15(7)19-10-17(19)11(2)3/h11-19H,8-10H2,1-7H3. The molecule has 0 aliphatic heterocycles. The van der Waals surface area contributed by atoms with Crippen LogP contribution in [0.2, 0.25) is 0 Å². The van der Waals surface area contributed by atoms with Crippen LogP contribution in [-0.2, 0) is 0 Å². The maximum atomic E-state index is 2.53. The van der Waals surface area contributed by atoms with Gasteiger partial charge in [0.05, 0.1) is 0 Å². The summed E-state index contributed by atoms with van der Waals surface area (Å²) in [5, 5.41) is 0. The third kappa shape index (κ3) is 3.19. The van der Waals surface area contributed by atoms with Crippen molar-refractivity contribution in [2.75, 3.05) is 0 Å². The Bertz CT molecular complexity index is 292. The first-order valence-electron chi connectivity index (χ1n) is 8.88. The van der Waals surface area contributed by atoms with Gasteiger partial charge in [-0.3, -0.25) is 0 Å². The van der Waals surface area contributed by atoms with Crippen LogP contribution >= 0.6 is 0 Å². The van der Waals surface area contributed by atoms with E-state index >= 15 is 0 Å². The third-order valence-electron chi connectivity index (χ3n) is 7.09. The van der Waals surface area contributed by atoms with Crippen LogP contribution in [0.4, 0.5) is 0 Å². The lowest BCUT2D eigenvalue weighted by Crippen LogP contribution is -2.25. The van der Waals surface area contributed by atoms with E-state index in [1.54, 1.807) is 0 Å². The number of hydrogen-bond acceptors (Lipinski definition) is 0. The molecule has 8 atom stereocenters. The summed E-state index contributed by atoms with van der Waals surface area (Å²) in [4.78, 5) is 0. The van der Waals surface area contributed by atoms with E-state index in [2.05, 4.69) is 48.5 Å². The monoisotopic (exact) mass is 264 g/mol. The van der Waals surface area contributed by atoms with E-state index in [0.29, 0.717) is 0 Å². The SMILES string of the molecule is CCC1CC1C(C)C(C)C(C)C(C)C1CC1C(C)C. The molecule has 0 heterocycles. The van der Waals surface area contributed by atoms with Crippen molar-refractivity contribution >= 4 is 0 Å². The quantitative estimate of drug-likeness (QED) is 0.539. The van der Waals surface area contributed by atoms with Gasteiger partial charge in [-0.2, -0.15) is 0 Å². The van der Waals surface area contributed by atoms with Gasteiger partial charge >= 0.3 is 0 Å². The van der Waals surface area contributed by atoms with Crippen LogP contribution in [0.15, 0.2) is 0 Å². The van der Waals surface area contributed by atoms with Gasteiger partial charge in [-0.1, -0.05) is 54.9 Å². The van der Waals surface area contributed by atoms with Crippen molar-refractivity contribution < 1.29 is 0 Å². The second-order valence-electron chi connectivity index (χ2n) is 8.31. The van der Waals surface area contributed by atoms with Crippen molar-refractivity contribution in [3.63, 3.8) is 0 Å². The minimum atomic E-state index is 0.903. The molecule has 2 aliphatic carbocycles. The van der Waals surface area contributed by atoms with Gasteiger partial charge in [0.2, 0.25) is 0 Å². The van der Waals surface area contributed by atoms with E-state index in [0.717, 1.165) is 53.3 Å². The summed E-state index contributed by atoms with van der Waals surface area (Å²) in [5.74, 6) is 8.77. The average molecular weight is 264 g/mol. The van der Waals surface area contributed by atoms with Gasteiger partial charge in [-0.05, 0) is 66.1 Å². The number of rotatable bonds is 7. The second kappa shape index (κ2) is 5.78. The fourth-order valence-corrected chi connectivity index (χ4v) is 4.73. The van der Waals surface area contributed by atoms with Crippen molar-refractivity contribution in [3.8, 4) is 0 Å². The summed E-state index contributed by atoms with van der Waals surface area (Å²) in [6, 6.07) is 0. The number of hydrogen-bond donors (Lipinski definition) is 0. The molecule has 0 aromatic heterocycles. The van der Waals surface area contributed by atoms with Crippen LogP contribution in [0.3, 0.4) is 0 Å². The molecule has 2 rings (SSSR count). The lowest BCUT2D eigenvalue weighted by atomic mass is 9.74. The Hall–Kier alpha value is 0. The predicted octanol–water partition coefficient (Wildman–Crippen LogP) is 5.87. The van der Waals surface area contributed by atoms with E-state index in [-0.39, 0.29) is 0 Å². The van der Waals surface area contributed by atoms with Gasteiger partial charge in [0, 0.05) is 0 Å². The molecule has 2 saturated carbocycles. The third-order valence-corrected chi connectivity index (χ3v) is 7.09. The molecule has 19 heavy (non-hydrogen) atoms. The Morgan fingerprint density at radius 3 is 1.63 bits per heavy atom. The highest BCUT2D eigenvalue weighted by Crippen LogP contribution is 2.54. The highest BCUT2D eigenvalue weighted by Gasteiger charge is 2.47. The maximum Gasteiger partial charge on any atom is -0.0352 e. The van der Waals surface area contributed by atoms with Crippen molar-refractivity contribution in [2.45, 2.75) is 67.7 Å². The Kier molecular flexibility index (Phi) is 4.68. The van der Waals surface area contributed by atoms with Gasteiger partial charge in [-0.25, -0.2) is 0 Å². The molecule has 0 N–H and O–H groups in total. The van der Waals surface area contributed by atoms with E-state index in [1.807, 2.05) is 0 Å². The molecule has 0 bridgehead atoms. The summed E-state index contributed by atoms with van der Waals surface area (Å²) in [5.41, 5.74) is 0. The molecule has 8 unspecified atom stereocenters.